The molecule has 7 nitrogen and oxygen atoms in total. The van der Waals surface area contributed by atoms with Crippen molar-refractivity contribution in [2.24, 2.45) is 7.05 Å². The number of amides is 1. The summed E-state index contributed by atoms with van der Waals surface area (Å²) in [6, 6.07) is 0. The van der Waals surface area contributed by atoms with Gasteiger partial charge in [-0.3, -0.25) is 14.4 Å². The van der Waals surface area contributed by atoms with Crippen molar-refractivity contribution in [3.63, 3.8) is 0 Å². The largest absolute Gasteiger partial charge is 0.349 e. The lowest BCUT2D eigenvalue weighted by atomic mass is 10.3. The van der Waals surface area contributed by atoms with Gasteiger partial charge in [0.25, 0.3) is 0 Å². The maximum absolute atomic E-state index is 12.4. The van der Waals surface area contributed by atoms with Crippen molar-refractivity contribution < 1.29 is 4.79 Å². The number of aryl methyl sites for hydroxylation is 1. The van der Waals surface area contributed by atoms with Crippen LogP contribution in [0.2, 0.25) is 0 Å². The molecule has 0 bridgehead atoms. The summed E-state index contributed by atoms with van der Waals surface area (Å²) in [6.45, 7) is 8.99. The van der Waals surface area contributed by atoms with Gasteiger partial charge in [0.2, 0.25) is 5.91 Å². The Balaban J connectivity index is 1.59. The molecule has 24 heavy (non-hydrogen) atoms. The lowest BCUT2D eigenvalue weighted by Gasteiger charge is -2.33. The standard InChI is InChI=1S/C16H24N6OS/c1-4-21(5-2)16-17-9-14(24-16)11-20-6-7-22(15(23)12-20)13-8-18-19(3)10-13/h8-10H,4-7,11-12H2,1-3H3. The van der Waals surface area contributed by atoms with Crippen molar-refractivity contribution in [2.75, 3.05) is 42.5 Å². The quantitative estimate of drug-likeness (QED) is 0.793. The number of thiazole rings is 1. The van der Waals surface area contributed by atoms with Crippen LogP contribution in [0.25, 0.3) is 0 Å². The average molecular weight is 348 g/mol. The van der Waals surface area contributed by atoms with E-state index in [0.29, 0.717) is 13.1 Å². The summed E-state index contributed by atoms with van der Waals surface area (Å²) in [7, 11) is 1.86. The molecule has 130 valence electrons. The molecule has 2 aromatic rings. The molecule has 0 spiro atoms. The van der Waals surface area contributed by atoms with Crippen molar-refractivity contribution in [2.45, 2.75) is 20.4 Å². The maximum Gasteiger partial charge on any atom is 0.241 e. The van der Waals surface area contributed by atoms with E-state index in [0.717, 1.165) is 37.0 Å². The fourth-order valence-electron chi connectivity index (χ4n) is 2.91. The van der Waals surface area contributed by atoms with Gasteiger partial charge in [0, 0.05) is 57.0 Å². The van der Waals surface area contributed by atoms with Gasteiger partial charge in [-0.2, -0.15) is 5.10 Å². The summed E-state index contributed by atoms with van der Waals surface area (Å²) in [5.74, 6) is 0.128. The summed E-state index contributed by atoms with van der Waals surface area (Å²) in [5.41, 5.74) is 0.878. The van der Waals surface area contributed by atoms with Crippen LogP contribution in [0.1, 0.15) is 18.7 Å². The molecule has 1 amide bonds. The minimum atomic E-state index is 0.128. The van der Waals surface area contributed by atoms with Crippen molar-refractivity contribution >= 4 is 28.1 Å². The van der Waals surface area contributed by atoms with Crippen LogP contribution in [0, 0.1) is 0 Å². The minimum absolute atomic E-state index is 0.128. The van der Waals surface area contributed by atoms with Crippen molar-refractivity contribution in [3.8, 4) is 0 Å². The molecule has 3 heterocycles. The first-order valence-electron chi connectivity index (χ1n) is 8.31. The molecular weight excluding hydrogens is 324 g/mol. The van der Waals surface area contributed by atoms with Gasteiger partial charge in [-0.05, 0) is 13.8 Å². The Bertz CT molecular complexity index is 692. The van der Waals surface area contributed by atoms with E-state index in [1.54, 1.807) is 22.2 Å². The number of carbonyl (C=O) groups excluding carboxylic acids is 1. The fourth-order valence-corrected chi connectivity index (χ4v) is 3.99. The second-order valence-electron chi connectivity index (χ2n) is 5.91. The lowest BCUT2D eigenvalue weighted by molar-refractivity contribution is -0.121. The number of aromatic nitrogens is 3. The molecule has 0 aliphatic carbocycles. The van der Waals surface area contributed by atoms with E-state index >= 15 is 0 Å². The Hall–Kier alpha value is -1.93. The van der Waals surface area contributed by atoms with Crippen molar-refractivity contribution in [1.82, 2.24) is 19.7 Å². The number of hydrogen-bond acceptors (Lipinski definition) is 6. The number of anilines is 2. The number of rotatable bonds is 6. The van der Waals surface area contributed by atoms with E-state index in [1.165, 1.54) is 4.88 Å². The van der Waals surface area contributed by atoms with Crippen molar-refractivity contribution in [3.05, 3.63) is 23.5 Å². The van der Waals surface area contributed by atoms with E-state index < -0.39 is 0 Å². The monoisotopic (exact) mass is 348 g/mol. The zero-order valence-corrected chi connectivity index (χ0v) is 15.3. The Morgan fingerprint density at radius 1 is 1.25 bits per heavy atom. The third kappa shape index (κ3) is 3.59. The fraction of sp³-hybridized carbons (Fsp3) is 0.562. The molecule has 0 N–H and O–H groups in total. The Morgan fingerprint density at radius 2 is 2.04 bits per heavy atom. The van der Waals surface area contributed by atoms with Crippen LogP contribution >= 0.6 is 11.3 Å². The minimum Gasteiger partial charge on any atom is -0.349 e. The number of piperazine rings is 1. The van der Waals surface area contributed by atoms with Gasteiger partial charge in [-0.15, -0.1) is 11.3 Å². The molecule has 1 aliphatic rings. The van der Waals surface area contributed by atoms with Crippen LogP contribution in [-0.2, 0) is 18.4 Å². The molecule has 8 heteroatoms. The second kappa shape index (κ2) is 7.31. The number of hydrogen-bond donors (Lipinski definition) is 0. The SMILES string of the molecule is CCN(CC)c1ncc(CN2CCN(c3cnn(C)c3)C(=O)C2)s1. The average Bonchev–Trinajstić information content (AvgIpc) is 3.18. The van der Waals surface area contributed by atoms with Crippen molar-refractivity contribution in [1.29, 1.82) is 0 Å². The number of nitrogens with zero attached hydrogens (tertiary/aromatic N) is 6. The van der Waals surface area contributed by atoms with E-state index in [9.17, 15) is 4.79 Å². The Labute approximate surface area is 146 Å². The third-order valence-corrected chi connectivity index (χ3v) is 5.30. The molecule has 0 unspecified atom stereocenters. The van der Waals surface area contributed by atoms with Gasteiger partial charge in [0.05, 0.1) is 18.4 Å². The molecule has 1 aliphatic heterocycles. The molecule has 1 saturated heterocycles. The lowest BCUT2D eigenvalue weighted by Crippen LogP contribution is -2.49. The first-order chi connectivity index (χ1) is 11.6. The summed E-state index contributed by atoms with van der Waals surface area (Å²) >= 11 is 1.72. The van der Waals surface area contributed by atoms with Crippen LogP contribution < -0.4 is 9.80 Å². The molecular formula is C16H24N6OS. The van der Waals surface area contributed by atoms with Crippen LogP contribution in [0.5, 0.6) is 0 Å². The highest BCUT2D eigenvalue weighted by atomic mass is 32.1. The third-order valence-electron chi connectivity index (χ3n) is 4.26. The molecule has 0 atom stereocenters. The summed E-state index contributed by atoms with van der Waals surface area (Å²) in [4.78, 5) is 24.4. The molecule has 3 rings (SSSR count). The van der Waals surface area contributed by atoms with Gasteiger partial charge in [0.15, 0.2) is 5.13 Å². The molecule has 2 aromatic heterocycles. The summed E-state index contributed by atoms with van der Waals surface area (Å²) in [5, 5.41) is 5.21. The van der Waals surface area contributed by atoms with E-state index in [-0.39, 0.29) is 5.91 Å². The highest BCUT2D eigenvalue weighted by Crippen LogP contribution is 2.24. The highest BCUT2D eigenvalue weighted by molar-refractivity contribution is 7.15. The van der Waals surface area contributed by atoms with Crippen LogP contribution in [0.3, 0.4) is 0 Å². The van der Waals surface area contributed by atoms with Crippen LogP contribution in [0.4, 0.5) is 10.8 Å². The summed E-state index contributed by atoms with van der Waals surface area (Å²) < 4.78 is 1.72. The van der Waals surface area contributed by atoms with Gasteiger partial charge in [0.1, 0.15) is 0 Å². The zero-order chi connectivity index (χ0) is 17.1. The highest BCUT2D eigenvalue weighted by Gasteiger charge is 2.26. The second-order valence-corrected chi connectivity index (χ2v) is 7.00. The summed E-state index contributed by atoms with van der Waals surface area (Å²) in [6.07, 6.45) is 5.57. The first kappa shape index (κ1) is 16.9. The van der Waals surface area contributed by atoms with E-state index in [4.69, 9.17) is 0 Å². The van der Waals surface area contributed by atoms with E-state index in [1.807, 2.05) is 24.3 Å². The smallest absolute Gasteiger partial charge is 0.241 e. The van der Waals surface area contributed by atoms with Gasteiger partial charge < -0.3 is 9.80 Å². The van der Waals surface area contributed by atoms with E-state index in [2.05, 4.69) is 33.7 Å². The zero-order valence-electron chi connectivity index (χ0n) is 14.5. The van der Waals surface area contributed by atoms with Crippen LogP contribution in [-0.4, -0.2) is 58.3 Å². The molecule has 0 saturated carbocycles. The van der Waals surface area contributed by atoms with Gasteiger partial charge >= 0.3 is 0 Å². The maximum atomic E-state index is 12.4. The first-order valence-corrected chi connectivity index (χ1v) is 9.13. The normalized spacial score (nSPS) is 16.0. The van der Waals surface area contributed by atoms with Gasteiger partial charge in [-0.1, -0.05) is 0 Å². The number of carbonyl (C=O) groups is 1. The molecule has 0 aromatic carbocycles. The predicted molar refractivity (Wildman–Crippen MR) is 96.5 cm³/mol. The molecule has 0 radical (unpaired) electrons. The molecule has 1 fully saturated rings. The van der Waals surface area contributed by atoms with Crippen LogP contribution in [0.15, 0.2) is 18.6 Å². The van der Waals surface area contributed by atoms with Gasteiger partial charge in [-0.25, -0.2) is 4.98 Å². The predicted octanol–water partition coefficient (Wildman–Crippen LogP) is 1.57. The Morgan fingerprint density at radius 3 is 2.67 bits per heavy atom. The Kier molecular flexibility index (Phi) is 5.15. The topological polar surface area (TPSA) is 57.5 Å².